The van der Waals surface area contributed by atoms with Gasteiger partial charge in [0, 0.05) is 4.88 Å². The van der Waals surface area contributed by atoms with Gasteiger partial charge in [-0.05, 0) is 48.6 Å². The van der Waals surface area contributed by atoms with Gasteiger partial charge in [-0.2, -0.15) is 0 Å². The van der Waals surface area contributed by atoms with Gasteiger partial charge in [0.15, 0.2) is 11.5 Å². The van der Waals surface area contributed by atoms with Crippen LogP contribution in [0.3, 0.4) is 0 Å². The number of hydrogen-bond donors (Lipinski definition) is 2. The molecular formula is C24H26N2O3S. The van der Waals surface area contributed by atoms with Crippen LogP contribution < -0.4 is 20.1 Å². The van der Waals surface area contributed by atoms with Crippen LogP contribution in [0.15, 0.2) is 60.0 Å². The van der Waals surface area contributed by atoms with E-state index in [-0.39, 0.29) is 24.5 Å². The highest BCUT2D eigenvalue weighted by Crippen LogP contribution is 2.32. The van der Waals surface area contributed by atoms with Gasteiger partial charge in [-0.15, -0.1) is 11.3 Å². The van der Waals surface area contributed by atoms with Crippen molar-refractivity contribution < 1.29 is 14.3 Å². The van der Waals surface area contributed by atoms with E-state index in [2.05, 4.69) is 53.3 Å². The first-order valence-electron chi connectivity index (χ1n) is 10.1. The Hall–Kier alpha value is -2.83. The SMILES string of the molecule is Cc1ccc([C@@H](NCC(=O)N[C@H](C)c2ccc3c(c2)OCCO3)c2cccs2)cc1. The Balaban J connectivity index is 1.39. The van der Waals surface area contributed by atoms with Crippen LogP contribution in [0.1, 0.15) is 40.6 Å². The zero-order valence-corrected chi connectivity index (χ0v) is 18.0. The first-order valence-corrected chi connectivity index (χ1v) is 11.0. The van der Waals surface area contributed by atoms with E-state index in [4.69, 9.17) is 9.47 Å². The molecule has 1 aromatic heterocycles. The smallest absolute Gasteiger partial charge is 0.234 e. The Bertz CT molecular complexity index is 986. The highest BCUT2D eigenvalue weighted by atomic mass is 32.1. The lowest BCUT2D eigenvalue weighted by Crippen LogP contribution is -2.37. The largest absolute Gasteiger partial charge is 0.486 e. The molecule has 0 saturated carbocycles. The lowest BCUT2D eigenvalue weighted by atomic mass is 10.0. The second-order valence-electron chi connectivity index (χ2n) is 7.43. The Morgan fingerprint density at radius 3 is 2.50 bits per heavy atom. The fraction of sp³-hybridized carbons (Fsp3) is 0.292. The molecular weight excluding hydrogens is 396 g/mol. The molecule has 4 rings (SSSR count). The first-order chi connectivity index (χ1) is 14.6. The Morgan fingerprint density at radius 2 is 1.77 bits per heavy atom. The van der Waals surface area contributed by atoms with Crippen LogP contribution in [0, 0.1) is 6.92 Å². The molecule has 1 amide bonds. The van der Waals surface area contributed by atoms with Crippen LogP contribution >= 0.6 is 11.3 Å². The van der Waals surface area contributed by atoms with Crippen molar-refractivity contribution in [3.05, 3.63) is 81.5 Å². The molecule has 2 heterocycles. The predicted molar refractivity (Wildman–Crippen MR) is 119 cm³/mol. The summed E-state index contributed by atoms with van der Waals surface area (Å²) in [5, 5.41) is 8.55. The second-order valence-corrected chi connectivity index (χ2v) is 8.41. The van der Waals surface area contributed by atoms with Gasteiger partial charge < -0.3 is 14.8 Å². The minimum absolute atomic E-state index is 0.0130. The maximum absolute atomic E-state index is 12.6. The van der Waals surface area contributed by atoms with Gasteiger partial charge in [-0.3, -0.25) is 10.1 Å². The van der Waals surface area contributed by atoms with E-state index < -0.39 is 0 Å². The fourth-order valence-corrected chi connectivity index (χ4v) is 4.32. The van der Waals surface area contributed by atoms with Crippen molar-refractivity contribution in [2.45, 2.75) is 25.9 Å². The van der Waals surface area contributed by atoms with E-state index >= 15 is 0 Å². The van der Waals surface area contributed by atoms with Crippen molar-refractivity contribution in [3.8, 4) is 11.5 Å². The number of nitrogens with one attached hydrogen (secondary N) is 2. The van der Waals surface area contributed by atoms with E-state index in [1.54, 1.807) is 11.3 Å². The molecule has 0 spiro atoms. The monoisotopic (exact) mass is 422 g/mol. The summed E-state index contributed by atoms with van der Waals surface area (Å²) in [6.07, 6.45) is 0. The number of carbonyl (C=O) groups excluding carboxylic acids is 1. The van der Waals surface area contributed by atoms with Gasteiger partial charge in [-0.25, -0.2) is 0 Å². The van der Waals surface area contributed by atoms with Crippen molar-refractivity contribution in [1.29, 1.82) is 0 Å². The molecule has 1 aliphatic heterocycles. The van der Waals surface area contributed by atoms with E-state index in [1.165, 1.54) is 10.4 Å². The molecule has 6 heteroatoms. The molecule has 1 aliphatic rings. The van der Waals surface area contributed by atoms with Crippen molar-refractivity contribution in [2.75, 3.05) is 19.8 Å². The van der Waals surface area contributed by atoms with Crippen molar-refractivity contribution in [2.24, 2.45) is 0 Å². The van der Waals surface area contributed by atoms with Crippen molar-refractivity contribution in [1.82, 2.24) is 10.6 Å². The van der Waals surface area contributed by atoms with Gasteiger partial charge >= 0.3 is 0 Å². The standard InChI is InChI=1S/C24H26N2O3S/c1-16-5-7-18(8-6-16)24(22-4-3-13-30-22)25-15-23(27)26-17(2)19-9-10-20-21(14-19)29-12-11-28-20/h3-10,13-14,17,24-25H,11-12,15H2,1-2H3,(H,26,27)/t17-,24-/m1/s1. The van der Waals surface area contributed by atoms with E-state index in [9.17, 15) is 4.79 Å². The fourth-order valence-electron chi connectivity index (χ4n) is 3.50. The quantitative estimate of drug-likeness (QED) is 0.593. The third-order valence-electron chi connectivity index (χ3n) is 5.15. The number of aryl methyl sites for hydroxylation is 1. The van der Waals surface area contributed by atoms with E-state index in [0.717, 1.165) is 22.6 Å². The predicted octanol–water partition coefficient (Wildman–Crippen LogP) is 4.38. The zero-order chi connectivity index (χ0) is 20.9. The average molecular weight is 423 g/mol. The number of rotatable bonds is 7. The number of fused-ring (bicyclic) bond motifs is 1. The summed E-state index contributed by atoms with van der Waals surface area (Å²) in [5.74, 6) is 1.43. The van der Waals surface area contributed by atoms with Crippen LogP contribution in [0.25, 0.3) is 0 Å². The topological polar surface area (TPSA) is 59.6 Å². The van der Waals surface area contributed by atoms with Crippen LogP contribution in [0.4, 0.5) is 0 Å². The Kier molecular flexibility index (Phi) is 6.35. The maximum Gasteiger partial charge on any atom is 0.234 e. The summed E-state index contributed by atoms with van der Waals surface area (Å²) in [7, 11) is 0. The normalized spacial score (nSPS) is 14.7. The van der Waals surface area contributed by atoms with Gasteiger partial charge in [0.1, 0.15) is 13.2 Å². The zero-order valence-electron chi connectivity index (χ0n) is 17.2. The number of carbonyl (C=O) groups is 1. The molecule has 0 fully saturated rings. The third kappa shape index (κ3) is 4.83. The molecule has 0 radical (unpaired) electrons. The van der Waals surface area contributed by atoms with Crippen LogP contribution in [-0.4, -0.2) is 25.7 Å². The molecule has 0 aliphatic carbocycles. The Morgan fingerprint density at radius 1 is 1.03 bits per heavy atom. The number of ether oxygens (including phenoxy) is 2. The first kappa shape index (κ1) is 20.4. The molecule has 0 saturated heterocycles. The minimum atomic E-state index is -0.130. The summed E-state index contributed by atoms with van der Waals surface area (Å²) in [6.45, 7) is 5.39. The van der Waals surface area contributed by atoms with Crippen molar-refractivity contribution in [3.63, 3.8) is 0 Å². The van der Waals surface area contributed by atoms with Crippen molar-refractivity contribution >= 4 is 17.2 Å². The highest BCUT2D eigenvalue weighted by Gasteiger charge is 2.18. The molecule has 2 aromatic carbocycles. The number of benzene rings is 2. The molecule has 3 aromatic rings. The summed E-state index contributed by atoms with van der Waals surface area (Å²) in [4.78, 5) is 13.8. The number of amides is 1. The molecule has 0 unspecified atom stereocenters. The molecule has 30 heavy (non-hydrogen) atoms. The molecule has 0 bridgehead atoms. The summed E-state index contributed by atoms with van der Waals surface area (Å²) in [6, 6.07) is 18.2. The van der Waals surface area contributed by atoms with Gasteiger partial charge in [0.2, 0.25) is 5.91 Å². The highest BCUT2D eigenvalue weighted by molar-refractivity contribution is 7.10. The van der Waals surface area contributed by atoms with Crippen LogP contribution in [0.2, 0.25) is 0 Å². The lowest BCUT2D eigenvalue weighted by Gasteiger charge is -2.22. The molecule has 2 N–H and O–H groups in total. The summed E-state index contributed by atoms with van der Waals surface area (Å²) < 4.78 is 11.2. The minimum Gasteiger partial charge on any atom is -0.486 e. The molecule has 5 nitrogen and oxygen atoms in total. The van der Waals surface area contributed by atoms with Crippen LogP contribution in [-0.2, 0) is 4.79 Å². The van der Waals surface area contributed by atoms with Gasteiger partial charge in [0.05, 0.1) is 18.6 Å². The summed E-state index contributed by atoms with van der Waals surface area (Å²) >= 11 is 1.69. The average Bonchev–Trinajstić information content (AvgIpc) is 3.29. The van der Waals surface area contributed by atoms with Gasteiger partial charge in [0.25, 0.3) is 0 Å². The molecule has 156 valence electrons. The van der Waals surface area contributed by atoms with E-state index in [0.29, 0.717) is 13.2 Å². The Labute approximate surface area is 181 Å². The third-order valence-corrected chi connectivity index (χ3v) is 6.09. The molecule has 2 atom stereocenters. The lowest BCUT2D eigenvalue weighted by molar-refractivity contribution is -0.121. The number of hydrogen-bond acceptors (Lipinski definition) is 5. The summed E-state index contributed by atoms with van der Waals surface area (Å²) in [5.41, 5.74) is 3.35. The second kappa shape index (κ2) is 9.32. The van der Waals surface area contributed by atoms with E-state index in [1.807, 2.05) is 31.2 Å². The number of thiophene rings is 1. The van der Waals surface area contributed by atoms with Gasteiger partial charge in [-0.1, -0.05) is 42.0 Å². The maximum atomic E-state index is 12.6. The van der Waals surface area contributed by atoms with Crippen LogP contribution in [0.5, 0.6) is 11.5 Å².